The number of H-pyrrole nitrogens is 1. The summed E-state index contributed by atoms with van der Waals surface area (Å²) in [5, 5.41) is 3.56. The topological polar surface area (TPSA) is 96.2 Å². The van der Waals surface area contributed by atoms with Gasteiger partial charge >= 0.3 is 5.69 Å². The van der Waals surface area contributed by atoms with E-state index in [1.165, 1.54) is 10.1 Å². The van der Waals surface area contributed by atoms with Crippen molar-refractivity contribution in [3.05, 3.63) is 50.7 Å². The molecule has 7 nitrogen and oxygen atoms in total. The highest BCUT2D eigenvalue weighted by atomic mass is 32.1. The molecule has 0 atom stereocenters. The standard InChI is InChI=1S/C21H31N5O2S/c1-5-7-12-25(21(29)23-16-10-8-15(6-2)9-11-16)17-18(22)26(13-14(3)4)20(28)24-19(17)27/h8-11,14H,5-7,12-13,22H2,1-4H3,(H,23,29)(H,24,27,28). The minimum absolute atomic E-state index is 0.133. The molecule has 0 unspecified atom stereocenters. The van der Waals surface area contributed by atoms with E-state index in [1.54, 1.807) is 4.90 Å². The number of anilines is 3. The number of thiocarbonyl (C=S) groups is 1. The second-order valence-electron chi connectivity index (χ2n) is 7.48. The lowest BCUT2D eigenvalue weighted by atomic mass is 10.1. The van der Waals surface area contributed by atoms with E-state index in [0.717, 1.165) is 24.9 Å². The van der Waals surface area contributed by atoms with E-state index >= 15 is 0 Å². The van der Waals surface area contributed by atoms with Gasteiger partial charge in [-0.25, -0.2) is 4.79 Å². The molecule has 0 aliphatic carbocycles. The predicted molar refractivity (Wildman–Crippen MR) is 125 cm³/mol. The van der Waals surface area contributed by atoms with Crippen molar-refractivity contribution >= 4 is 34.5 Å². The molecule has 0 spiro atoms. The van der Waals surface area contributed by atoms with Crippen LogP contribution in [-0.2, 0) is 13.0 Å². The van der Waals surface area contributed by atoms with E-state index in [9.17, 15) is 9.59 Å². The fourth-order valence-electron chi connectivity index (χ4n) is 3.03. The number of nitrogen functional groups attached to an aromatic ring is 1. The second-order valence-corrected chi connectivity index (χ2v) is 7.87. The van der Waals surface area contributed by atoms with Crippen LogP contribution in [0.15, 0.2) is 33.9 Å². The number of benzene rings is 1. The van der Waals surface area contributed by atoms with Crippen molar-refractivity contribution in [2.75, 3.05) is 22.5 Å². The summed E-state index contributed by atoms with van der Waals surface area (Å²) in [6, 6.07) is 7.98. The quantitative estimate of drug-likeness (QED) is 0.570. The lowest BCUT2D eigenvalue weighted by molar-refractivity contribution is 0.507. The van der Waals surface area contributed by atoms with Gasteiger partial charge in [0.25, 0.3) is 5.56 Å². The Hall–Kier alpha value is -2.61. The Bertz CT molecular complexity index is 947. The zero-order valence-electron chi connectivity index (χ0n) is 17.6. The van der Waals surface area contributed by atoms with Crippen molar-refractivity contribution in [2.45, 2.75) is 53.5 Å². The minimum Gasteiger partial charge on any atom is -0.383 e. The highest BCUT2D eigenvalue weighted by Crippen LogP contribution is 2.20. The lowest BCUT2D eigenvalue weighted by Crippen LogP contribution is -2.43. The Morgan fingerprint density at radius 3 is 2.45 bits per heavy atom. The van der Waals surface area contributed by atoms with Crippen molar-refractivity contribution < 1.29 is 0 Å². The lowest BCUT2D eigenvalue weighted by Gasteiger charge is -2.27. The zero-order valence-corrected chi connectivity index (χ0v) is 18.4. The van der Waals surface area contributed by atoms with Crippen LogP contribution in [0.3, 0.4) is 0 Å². The van der Waals surface area contributed by atoms with E-state index in [4.69, 9.17) is 18.0 Å². The maximum atomic E-state index is 12.7. The van der Waals surface area contributed by atoms with Crippen LogP contribution in [0, 0.1) is 5.92 Å². The monoisotopic (exact) mass is 417 g/mol. The first kappa shape index (κ1) is 22.7. The van der Waals surface area contributed by atoms with Gasteiger partial charge in [0.15, 0.2) is 10.8 Å². The number of nitrogens with two attached hydrogens (primary N) is 1. The molecule has 2 rings (SSSR count). The van der Waals surface area contributed by atoms with Gasteiger partial charge < -0.3 is 16.0 Å². The molecule has 0 bridgehead atoms. The number of unbranched alkanes of at least 4 members (excludes halogenated alkanes) is 1. The summed E-state index contributed by atoms with van der Waals surface area (Å²) >= 11 is 5.62. The molecular formula is C21H31N5O2S. The first-order chi connectivity index (χ1) is 13.8. The van der Waals surface area contributed by atoms with Crippen LogP contribution in [0.4, 0.5) is 17.2 Å². The largest absolute Gasteiger partial charge is 0.383 e. The summed E-state index contributed by atoms with van der Waals surface area (Å²) in [6.45, 7) is 9.05. The molecule has 4 N–H and O–H groups in total. The van der Waals surface area contributed by atoms with Gasteiger partial charge in [-0.15, -0.1) is 0 Å². The van der Waals surface area contributed by atoms with Crippen LogP contribution in [0.5, 0.6) is 0 Å². The number of hydrogen-bond donors (Lipinski definition) is 3. The molecule has 0 fully saturated rings. The van der Waals surface area contributed by atoms with Gasteiger partial charge in [-0.2, -0.15) is 0 Å². The average Bonchev–Trinajstić information content (AvgIpc) is 2.67. The van der Waals surface area contributed by atoms with E-state index < -0.39 is 11.2 Å². The van der Waals surface area contributed by atoms with Crippen LogP contribution in [0.25, 0.3) is 0 Å². The van der Waals surface area contributed by atoms with Gasteiger partial charge in [0.1, 0.15) is 5.82 Å². The fraction of sp³-hybridized carbons (Fsp3) is 0.476. The summed E-state index contributed by atoms with van der Waals surface area (Å²) in [4.78, 5) is 29.0. The maximum absolute atomic E-state index is 12.7. The van der Waals surface area contributed by atoms with Gasteiger partial charge in [-0.05, 0) is 48.7 Å². The number of nitrogens with one attached hydrogen (secondary N) is 2. The molecule has 0 amide bonds. The van der Waals surface area contributed by atoms with Crippen LogP contribution in [0.2, 0.25) is 0 Å². The molecule has 8 heteroatoms. The summed E-state index contributed by atoms with van der Waals surface area (Å²) in [6.07, 6.45) is 2.70. The summed E-state index contributed by atoms with van der Waals surface area (Å²) in [5.74, 6) is 0.328. The number of aryl methyl sites for hydroxylation is 1. The molecule has 1 aromatic carbocycles. The van der Waals surface area contributed by atoms with Crippen LogP contribution in [-0.4, -0.2) is 21.2 Å². The first-order valence-corrected chi connectivity index (χ1v) is 10.5. The van der Waals surface area contributed by atoms with Gasteiger partial charge in [-0.1, -0.05) is 46.2 Å². The van der Waals surface area contributed by atoms with Gasteiger partial charge in [0, 0.05) is 18.8 Å². The van der Waals surface area contributed by atoms with Crippen molar-refractivity contribution in [2.24, 2.45) is 5.92 Å². The number of hydrogen-bond acceptors (Lipinski definition) is 4. The highest BCUT2D eigenvalue weighted by molar-refractivity contribution is 7.80. The van der Waals surface area contributed by atoms with E-state index in [0.29, 0.717) is 18.2 Å². The van der Waals surface area contributed by atoms with E-state index in [2.05, 4.69) is 24.1 Å². The van der Waals surface area contributed by atoms with Crippen molar-refractivity contribution in [3.63, 3.8) is 0 Å². The highest BCUT2D eigenvalue weighted by Gasteiger charge is 2.22. The second kappa shape index (κ2) is 10.2. The molecule has 0 aliphatic heterocycles. The SMILES string of the molecule is CCCCN(C(=S)Nc1ccc(CC)cc1)c1c(N)n(CC(C)C)c(=O)[nH]c1=O. The summed E-state index contributed by atoms with van der Waals surface area (Å²) < 4.78 is 1.40. The van der Waals surface area contributed by atoms with E-state index in [-0.39, 0.29) is 17.4 Å². The third-order valence-electron chi connectivity index (χ3n) is 4.63. The number of nitrogens with zero attached hydrogens (tertiary/aromatic N) is 2. The molecule has 0 aliphatic rings. The van der Waals surface area contributed by atoms with Crippen molar-refractivity contribution in [1.82, 2.24) is 9.55 Å². The molecule has 158 valence electrons. The number of aromatic amines is 1. The smallest absolute Gasteiger partial charge is 0.330 e. The van der Waals surface area contributed by atoms with Crippen molar-refractivity contribution in [3.8, 4) is 0 Å². The van der Waals surface area contributed by atoms with Gasteiger partial charge in [-0.3, -0.25) is 14.3 Å². The normalized spacial score (nSPS) is 10.9. The predicted octanol–water partition coefficient (Wildman–Crippen LogP) is 3.34. The zero-order chi connectivity index (χ0) is 21.6. The minimum atomic E-state index is -0.533. The Balaban J connectivity index is 2.44. The van der Waals surface area contributed by atoms with Gasteiger partial charge in [0.2, 0.25) is 0 Å². The van der Waals surface area contributed by atoms with Gasteiger partial charge in [0.05, 0.1) is 0 Å². The Morgan fingerprint density at radius 1 is 1.24 bits per heavy atom. The Morgan fingerprint density at radius 2 is 1.90 bits per heavy atom. The van der Waals surface area contributed by atoms with Crippen LogP contribution >= 0.6 is 12.2 Å². The van der Waals surface area contributed by atoms with Crippen LogP contribution in [0.1, 0.15) is 46.1 Å². The van der Waals surface area contributed by atoms with E-state index in [1.807, 2.05) is 38.1 Å². The Labute approximate surface area is 176 Å². The molecule has 1 aromatic heterocycles. The Kier molecular flexibility index (Phi) is 8.01. The average molecular weight is 418 g/mol. The maximum Gasteiger partial charge on any atom is 0.330 e. The molecule has 1 heterocycles. The summed E-state index contributed by atoms with van der Waals surface area (Å²) in [7, 11) is 0. The summed E-state index contributed by atoms with van der Waals surface area (Å²) in [5.41, 5.74) is 7.52. The van der Waals surface area contributed by atoms with Crippen molar-refractivity contribution in [1.29, 1.82) is 0 Å². The third kappa shape index (κ3) is 5.69. The molecule has 0 saturated carbocycles. The molecular weight excluding hydrogens is 386 g/mol. The number of aromatic nitrogens is 2. The fourth-order valence-corrected chi connectivity index (χ4v) is 3.33. The van der Waals surface area contributed by atoms with Crippen LogP contribution < -0.4 is 27.2 Å². The molecule has 2 aromatic rings. The first-order valence-electron chi connectivity index (χ1n) is 10.1. The number of rotatable bonds is 8. The molecule has 0 saturated heterocycles. The molecule has 29 heavy (non-hydrogen) atoms. The molecule has 0 radical (unpaired) electrons. The third-order valence-corrected chi connectivity index (χ3v) is 4.95.